The zero-order valence-electron chi connectivity index (χ0n) is 8.96. The van der Waals surface area contributed by atoms with E-state index in [0.29, 0.717) is 0 Å². The molecule has 1 aliphatic carbocycles. The van der Waals surface area contributed by atoms with Gasteiger partial charge in [-0.05, 0) is 40.9 Å². The molecule has 1 fully saturated rings. The van der Waals surface area contributed by atoms with Crippen LogP contribution < -0.4 is 11.3 Å². The van der Waals surface area contributed by atoms with E-state index < -0.39 is 0 Å². The maximum atomic E-state index is 12.1. The predicted octanol–water partition coefficient (Wildman–Crippen LogP) is 2.70. The van der Waals surface area contributed by atoms with Crippen LogP contribution in [0.4, 0.5) is 0 Å². The molecule has 1 amide bonds. The molecule has 0 radical (unpaired) electrons. The number of hydrogen-bond donors (Lipinski definition) is 2. The first-order valence-corrected chi connectivity index (χ1v) is 7.07. The summed E-state index contributed by atoms with van der Waals surface area (Å²) in [4.78, 5) is 13.2. The number of amides is 1. The quantitative estimate of drug-likeness (QED) is 0.501. The second-order valence-corrected chi connectivity index (χ2v) is 6.68. The number of halogens is 1. The van der Waals surface area contributed by atoms with Crippen molar-refractivity contribution in [3.05, 3.63) is 20.8 Å². The van der Waals surface area contributed by atoms with Gasteiger partial charge in [-0.1, -0.05) is 19.3 Å². The molecule has 1 aliphatic rings. The number of rotatable bonds is 2. The summed E-state index contributed by atoms with van der Waals surface area (Å²) in [5, 5.41) is 0. The Bertz CT molecular complexity index is 385. The predicted molar refractivity (Wildman–Crippen MR) is 69.1 cm³/mol. The van der Waals surface area contributed by atoms with Gasteiger partial charge in [0.25, 0.3) is 0 Å². The third-order valence-corrected chi connectivity index (χ3v) is 5.15. The van der Waals surface area contributed by atoms with Crippen molar-refractivity contribution in [2.75, 3.05) is 0 Å². The van der Waals surface area contributed by atoms with Crippen LogP contribution in [0.2, 0.25) is 0 Å². The van der Waals surface area contributed by atoms with E-state index in [2.05, 4.69) is 21.4 Å². The SMILES string of the molecule is NNC(=O)C1(c2ccc(Br)s2)CCCCC1. The van der Waals surface area contributed by atoms with Crippen LogP contribution in [0.1, 0.15) is 37.0 Å². The summed E-state index contributed by atoms with van der Waals surface area (Å²) in [5.74, 6) is 5.29. The third kappa shape index (κ3) is 2.04. The lowest BCUT2D eigenvalue weighted by Gasteiger charge is -2.34. The zero-order chi connectivity index (χ0) is 11.6. The minimum Gasteiger partial charge on any atom is -0.293 e. The van der Waals surface area contributed by atoms with Crippen LogP contribution in [0.15, 0.2) is 15.9 Å². The molecule has 0 unspecified atom stereocenters. The van der Waals surface area contributed by atoms with Crippen molar-refractivity contribution in [2.45, 2.75) is 37.5 Å². The summed E-state index contributed by atoms with van der Waals surface area (Å²) in [5.41, 5.74) is 1.95. The first-order valence-electron chi connectivity index (χ1n) is 5.46. The topological polar surface area (TPSA) is 55.1 Å². The summed E-state index contributed by atoms with van der Waals surface area (Å²) < 4.78 is 1.07. The first kappa shape index (κ1) is 12.1. The number of nitrogens with two attached hydrogens (primary N) is 1. The van der Waals surface area contributed by atoms with E-state index in [1.54, 1.807) is 11.3 Å². The first-order chi connectivity index (χ1) is 7.69. The minimum atomic E-state index is -0.385. The number of thiophene rings is 1. The van der Waals surface area contributed by atoms with Crippen LogP contribution >= 0.6 is 27.3 Å². The van der Waals surface area contributed by atoms with Crippen LogP contribution in [0.25, 0.3) is 0 Å². The summed E-state index contributed by atoms with van der Waals surface area (Å²) in [6.07, 6.45) is 5.23. The highest BCUT2D eigenvalue weighted by Crippen LogP contribution is 2.43. The van der Waals surface area contributed by atoms with Gasteiger partial charge in [0.05, 0.1) is 9.20 Å². The van der Waals surface area contributed by atoms with Gasteiger partial charge in [0.15, 0.2) is 0 Å². The molecular weight excluding hydrogens is 288 g/mol. The molecular formula is C11H15BrN2OS. The van der Waals surface area contributed by atoms with Gasteiger partial charge in [-0.25, -0.2) is 5.84 Å². The fraction of sp³-hybridized carbons (Fsp3) is 0.545. The molecule has 0 saturated heterocycles. The maximum absolute atomic E-state index is 12.1. The van der Waals surface area contributed by atoms with E-state index in [0.717, 1.165) is 34.3 Å². The van der Waals surface area contributed by atoms with Gasteiger partial charge >= 0.3 is 0 Å². The number of hydrogen-bond acceptors (Lipinski definition) is 3. The molecule has 1 heterocycles. The summed E-state index contributed by atoms with van der Waals surface area (Å²) in [7, 11) is 0. The van der Waals surface area contributed by atoms with Crippen molar-refractivity contribution >= 4 is 33.2 Å². The lowest BCUT2D eigenvalue weighted by atomic mass is 9.72. The molecule has 0 spiro atoms. The van der Waals surface area contributed by atoms with Gasteiger partial charge < -0.3 is 0 Å². The largest absolute Gasteiger partial charge is 0.293 e. The van der Waals surface area contributed by atoms with Gasteiger partial charge in [0.2, 0.25) is 5.91 Å². The Kier molecular flexibility index (Phi) is 3.66. The highest BCUT2D eigenvalue weighted by molar-refractivity contribution is 9.11. The standard InChI is InChI=1S/C11H15BrN2OS/c12-9-5-4-8(16-9)11(10(15)14-13)6-2-1-3-7-11/h4-5H,1-3,6-7,13H2,(H,14,15). The summed E-state index contributed by atoms with van der Waals surface area (Å²) in [6, 6.07) is 4.04. The van der Waals surface area contributed by atoms with Crippen LogP contribution in [-0.4, -0.2) is 5.91 Å². The van der Waals surface area contributed by atoms with Crippen LogP contribution in [0.5, 0.6) is 0 Å². The minimum absolute atomic E-state index is 0.0402. The molecule has 0 atom stereocenters. The van der Waals surface area contributed by atoms with Crippen LogP contribution in [-0.2, 0) is 10.2 Å². The van der Waals surface area contributed by atoms with Gasteiger partial charge in [0, 0.05) is 4.88 Å². The summed E-state index contributed by atoms with van der Waals surface area (Å²) in [6.45, 7) is 0. The van der Waals surface area contributed by atoms with Gasteiger partial charge in [-0.15, -0.1) is 11.3 Å². The van der Waals surface area contributed by atoms with E-state index in [-0.39, 0.29) is 11.3 Å². The molecule has 88 valence electrons. The number of nitrogens with one attached hydrogen (secondary N) is 1. The monoisotopic (exact) mass is 302 g/mol. The van der Waals surface area contributed by atoms with E-state index in [1.165, 1.54) is 6.42 Å². The Morgan fingerprint density at radius 3 is 2.56 bits per heavy atom. The summed E-state index contributed by atoms with van der Waals surface area (Å²) >= 11 is 5.09. The molecule has 0 aliphatic heterocycles. The Labute approximate surface area is 108 Å². The van der Waals surface area contributed by atoms with Gasteiger partial charge in [-0.3, -0.25) is 10.2 Å². The Balaban J connectivity index is 2.37. The average molecular weight is 303 g/mol. The maximum Gasteiger partial charge on any atom is 0.245 e. The van der Waals surface area contributed by atoms with E-state index in [4.69, 9.17) is 5.84 Å². The normalized spacial score (nSPS) is 19.4. The Hall–Kier alpha value is -0.390. The molecule has 0 aromatic carbocycles. The van der Waals surface area contributed by atoms with E-state index >= 15 is 0 Å². The van der Waals surface area contributed by atoms with Crippen molar-refractivity contribution in [2.24, 2.45) is 5.84 Å². The number of hydrazine groups is 1. The van der Waals surface area contributed by atoms with Crippen LogP contribution in [0, 0.1) is 0 Å². The molecule has 3 N–H and O–H groups in total. The van der Waals surface area contributed by atoms with Gasteiger partial charge in [-0.2, -0.15) is 0 Å². The van der Waals surface area contributed by atoms with Crippen molar-refractivity contribution in [3.8, 4) is 0 Å². The molecule has 16 heavy (non-hydrogen) atoms. The Morgan fingerprint density at radius 2 is 2.06 bits per heavy atom. The Morgan fingerprint density at radius 1 is 1.38 bits per heavy atom. The molecule has 1 saturated carbocycles. The van der Waals surface area contributed by atoms with Crippen molar-refractivity contribution in [1.29, 1.82) is 0 Å². The van der Waals surface area contributed by atoms with Crippen molar-refractivity contribution in [1.82, 2.24) is 5.43 Å². The van der Waals surface area contributed by atoms with E-state index in [9.17, 15) is 4.79 Å². The van der Waals surface area contributed by atoms with Crippen molar-refractivity contribution < 1.29 is 4.79 Å². The fourth-order valence-corrected chi connectivity index (χ4v) is 4.08. The van der Waals surface area contributed by atoms with E-state index in [1.807, 2.05) is 12.1 Å². The second-order valence-electron chi connectivity index (χ2n) is 4.22. The smallest absolute Gasteiger partial charge is 0.245 e. The fourth-order valence-electron chi connectivity index (χ4n) is 2.45. The zero-order valence-corrected chi connectivity index (χ0v) is 11.4. The third-order valence-electron chi connectivity index (χ3n) is 3.32. The second kappa shape index (κ2) is 4.85. The molecule has 5 heteroatoms. The number of carbonyl (C=O) groups excluding carboxylic acids is 1. The highest BCUT2D eigenvalue weighted by atomic mass is 79.9. The molecule has 3 nitrogen and oxygen atoms in total. The highest BCUT2D eigenvalue weighted by Gasteiger charge is 2.41. The number of carbonyl (C=O) groups is 1. The average Bonchev–Trinajstić information content (AvgIpc) is 2.76. The lowest BCUT2D eigenvalue weighted by Crippen LogP contribution is -2.48. The van der Waals surface area contributed by atoms with Gasteiger partial charge in [0.1, 0.15) is 0 Å². The molecule has 1 aromatic rings. The molecule has 0 bridgehead atoms. The lowest BCUT2D eigenvalue weighted by molar-refractivity contribution is -0.128. The molecule has 2 rings (SSSR count). The van der Waals surface area contributed by atoms with Crippen LogP contribution in [0.3, 0.4) is 0 Å². The molecule has 1 aromatic heterocycles. The van der Waals surface area contributed by atoms with Crippen molar-refractivity contribution in [3.63, 3.8) is 0 Å².